The number of aromatic nitrogens is 4. The van der Waals surface area contributed by atoms with Gasteiger partial charge in [0.25, 0.3) is 6.47 Å². The van der Waals surface area contributed by atoms with Gasteiger partial charge >= 0.3 is 0 Å². The molecule has 0 aliphatic carbocycles. The number of hydrogen-bond acceptors (Lipinski definition) is 4. The smallest absolute Gasteiger partial charge is 0.290 e. The maximum absolute atomic E-state index is 8.36. The summed E-state index contributed by atoms with van der Waals surface area (Å²) in [6, 6.07) is 0.645. The minimum atomic E-state index is -0.250. The van der Waals surface area contributed by atoms with Crippen molar-refractivity contribution >= 4 is 6.47 Å². The Balaban J connectivity index is 0.000000647. The molecule has 2 aromatic rings. The summed E-state index contributed by atoms with van der Waals surface area (Å²) in [5.74, 6) is 1.74. The van der Waals surface area contributed by atoms with Gasteiger partial charge in [-0.2, -0.15) is 5.10 Å². The van der Waals surface area contributed by atoms with Gasteiger partial charge in [0, 0.05) is 37.6 Å². The topological polar surface area (TPSA) is 76.2 Å². The second-order valence-corrected chi connectivity index (χ2v) is 6.44. The number of likely N-dealkylation sites (tertiary alicyclic amines) is 1. The van der Waals surface area contributed by atoms with Crippen molar-refractivity contribution < 1.29 is 9.90 Å². The zero-order valence-electron chi connectivity index (χ0n) is 14.9. The molecular formula is C17H27N5O2. The van der Waals surface area contributed by atoms with Crippen molar-refractivity contribution in [2.24, 2.45) is 7.05 Å². The Morgan fingerprint density at radius 2 is 1.96 bits per heavy atom. The first-order chi connectivity index (χ1) is 11.5. The van der Waals surface area contributed by atoms with Gasteiger partial charge in [0.15, 0.2) is 0 Å². The van der Waals surface area contributed by atoms with E-state index in [0.717, 1.165) is 11.4 Å². The van der Waals surface area contributed by atoms with Crippen LogP contribution in [0.5, 0.6) is 0 Å². The summed E-state index contributed by atoms with van der Waals surface area (Å²) in [6.07, 6.45) is 8.43. The number of carboxylic acid groups (broad SMARTS) is 1. The molecule has 0 aromatic carbocycles. The van der Waals surface area contributed by atoms with Crippen LogP contribution in [0.1, 0.15) is 44.1 Å². The molecule has 2 aromatic heterocycles. The fraction of sp³-hybridized carbons (Fsp3) is 0.588. The molecule has 24 heavy (non-hydrogen) atoms. The zero-order valence-corrected chi connectivity index (χ0v) is 14.9. The molecule has 0 spiro atoms. The van der Waals surface area contributed by atoms with Crippen LogP contribution in [0.25, 0.3) is 5.69 Å². The Labute approximate surface area is 142 Å². The Morgan fingerprint density at radius 1 is 1.33 bits per heavy atom. The Hall–Kier alpha value is -2.15. The highest BCUT2D eigenvalue weighted by Gasteiger charge is 2.25. The van der Waals surface area contributed by atoms with Crippen molar-refractivity contribution in [2.45, 2.75) is 45.6 Å². The first kappa shape index (κ1) is 18.2. The standard InChI is InChI=1S/C16H25N5.CH2O2/c1-12(2)20-8-5-14(6-9-20)16-17-7-10-21(16)15-11-19(4)18-13(15)3;2-1-3/h7,10-12,14H,5-6,8-9H2,1-4H3;1H,(H,2,3). The minimum absolute atomic E-state index is 0.250. The van der Waals surface area contributed by atoms with Crippen LogP contribution in [0.15, 0.2) is 18.6 Å². The van der Waals surface area contributed by atoms with E-state index in [9.17, 15) is 0 Å². The molecule has 0 atom stereocenters. The lowest BCUT2D eigenvalue weighted by Crippen LogP contribution is -2.38. The van der Waals surface area contributed by atoms with E-state index >= 15 is 0 Å². The number of nitrogens with zero attached hydrogens (tertiary/aromatic N) is 5. The molecule has 0 radical (unpaired) electrons. The molecule has 0 saturated carbocycles. The van der Waals surface area contributed by atoms with Gasteiger partial charge in [-0.05, 0) is 46.7 Å². The van der Waals surface area contributed by atoms with E-state index in [2.05, 4.69) is 52.7 Å². The second kappa shape index (κ2) is 8.10. The summed E-state index contributed by atoms with van der Waals surface area (Å²) in [5.41, 5.74) is 2.20. The lowest BCUT2D eigenvalue weighted by molar-refractivity contribution is -0.122. The Morgan fingerprint density at radius 3 is 2.46 bits per heavy atom. The lowest BCUT2D eigenvalue weighted by atomic mass is 9.95. The van der Waals surface area contributed by atoms with Crippen LogP contribution in [0, 0.1) is 6.92 Å². The van der Waals surface area contributed by atoms with Crippen LogP contribution >= 0.6 is 0 Å². The molecule has 1 saturated heterocycles. The Kier molecular flexibility index (Phi) is 6.14. The highest BCUT2D eigenvalue weighted by Crippen LogP contribution is 2.29. The lowest BCUT2D eigenvalue weighted by Gasteiger charge is -2.34. The summed E-state index contributed by atoms with van der Waals surface area (Å²) in [6.45, 7) is 8.70. The highest BCUT2D eigenvalue weighted by atomic mass is 16.3. The average molecular weight is 333 g/mol. The SMILES string of the molecule is Cc1nn(C)cc1-n1ccnc1C1CCN(C(C)C)CC1.O=CO. The fourth-order valence-corrected chi connectivity index (χ4v) is 3.32. The summed E-state index contributed by atoms with van der Waals surface area (Å²) in [7, 11) is 1.97. The van der Waals surface area contributed by atoms with Gasteiger partial charge in [-0.1, -0.05) is 0 Å². The van der Waals surface area contributed by atoms with Crippen LogP contribution in [0.3, 0.4) is 0 Å². The second-order valence-electron chi connectivity index (χ2n) is 6.44. The maximum Gasteiger partial charge on any atom is 0.290 e. The number of piperidine rings is 1. The summed E-state index contributed by atoms with van der Waals surface area (Å²) in [5, 5.41) is 11.3. The average Bonchev–Trinajstić information content (AvgIpc) is 3.14. The molecule has 0 bridgehead atoms. The number of hydrogen-bond donors (Lipinski definition) is 1. The van der Waals surface area contributed by atoms with E-state index in [1.54, 1.807) is 0 Å². The first-order valence-electron chi connectivity index (χ1n) is 8.33. The third kappa shape index (κ3) is 4.03. The van der Waals surface area contributed by atoms with Crippen LogP contribution in [-0.2, 0) is 11.8 Å². The first-order valence-corrected chi connectivity index (χ1v) is 8.33. The predicted octanol–water partition coefficient (Wildman–Crippen LogP) is 2.20. The van der Waals surface area contributed by atoms with Crippen molar-refractivity contribution in [3.05, 3.63) is 30.1 Å². The van der Waals surface area contributed by atoms with E-state index in [0.29, 0.717) is 12.0 Å². The molecule has 7 heteroatoms. The largest absolute Gasteiger partial charge is 0.483 e. The van der Waals surface area contributed by atoms with E-state index in [-0.39, 0.29) is 6.47 Å². The number of aryl methyl sites for hydroxylation is 2. The van der Waals surface area contributed by atoms with Gasteiger partial charge in [0.2, 0.25) is 0 Å². The number of carbonyl (C=O) groups is 1. The molecule has 0 unspecified atom stereocenters. The van der Waals surface area contributed by atoms with Crippen molar-refractivity contribution in [3.8, 4) is 5.69 Å². The summed E-state index contributed by atoms with van der Waals surface area (Å²) < 4.78 is 4.09. The van der Waals surface area contributed by atoms with E-state index in [4.69, 9.17) is 9.90 Å². The van der Waals surface area contributed by atoms with Gasteiger partial charge in [-0.3, -0.25) is 9.48 Å². The van der Waals surface area contributed by atoms with Gasteiger partial charge in [0.1, 0.15) is 5.82 Å². The van der Waals surface area contributed by atoms with Crippen LogP contribution in [0.4, 0.5) is 0 Å². The molecule has 7 nitrogen and oxygen atoms in total. The van der Waals surface area contributed by atoms with Gasteiger partial charge < -0.3 is 14.6 Å². The normalized spacial score (nSPS) is 16.0. The van der Waals surface area contributed by atoms with E-state index in [1.165, 1.54) is 31.8 Å². The molecule has 1 N–H and O–H groups in total. The third-order valence-electron chi connectivity index (χ3n) is 4.54. The van der Waals surface area contributed by atoms with Gasteiger partial charge in [0.05, 0.1) is 11.4 Å². The molecule has 1 aliphatic rings. The monoisotopic (exact) mass is 333 g/mol. The maximum atomic E-state index is 8.36. The number of imidazole rings is 1. The van der Waals surface area contributed by atoms with Crippen LogP contribution in [-0.4, -0.2) is 54.9 Å². The minimum Gasteiger partial charge on any atom is -0.483 e. The van der Waals surface area contributed by atoms with Crippen molar-refractivity contribution in [2.75, 3.05) is 13.1 Å². The molecule has 1 aliphatic heterocycles. The molecule has 0 amide bonds. The zero-order chi connectivity index (χ0) is 17.7. The number of rotatable bonds is 3. The third-order valence-corrected chi connectivity index (χ3v) is 4.54. The molecule has 3 heterocycles. The highest BCUT2D eigenvalue weighted by molar-refractivity contribution is 5.36. The molecule has 3 rings (SSSR count). The summed E-state index contributed by atoms with van der Waals surface area (Å²) in [4.78, 5) is 15.6. The van der Waals surface area contributed by atoms with Crippen molar-refractivity contribution in [3.63, 3.8) is 0 Å². The predicted molar refractivity (Wildman–Crippen MR) is 92.4 cm³/mol. The summed E-state index contributed by atoms with van der Waals surface area (Å²) >= 11 is 0. The van der Waals surface area contributed by atoms with Crippen molar-refractivity contribution in [1.29, 1.82) is 0 Å². The molecular weight excluding hydrogens is 306 g/mol. The van der Waals surface area contributed by atoms with Gasteiger partial charge in [-0.25, -0.2) is 4.98 Å². The Bertz CT molecular complexity index is 654. The quantitative estimate of drug-likeness (QED) is 0.872. The van der Waals surface area contributed by atoms with E-state index in [1.807, 2.05) is 17.9 Å². The molecule has 132 valence electrons. The van der Waals surface area contributed by atoms with E-state index < -0.39 is 0 Å². The van der Waals surface area contributed by atoms with Crippen molar-refractivity contribution in [1.82, 2.24) is 24.2 Å². The molecule has 1 fully saturated rings. The van der Waals surface area contributed by atoms with Gasteiger partial charge in [-0.15, -0.1) is 0 Å². The fourth-order valence-electron chi connectivity index (χ4n) is 3.32. The van der Waals surface area contributed by atoms with Crippen LogP contribution in [0.2, 0.25) is 0 Å². The van der Waals surface area contributed by atoms with Crippen LogP contribution < -0.4 is 0 Å².